The third-order valence-electron chi connectivity index (χ3n) is 2.17. The zero-order valence-corrected chi connectivity index (χ0v) is 10.5. The SMILES string of the molecule is Bc1cnc2[nH]cc(C(=O)C(Cl)(Cl)Cl)c2c1. The second-order valence-electron chi connectivity index (χ2n) is 3.44. The first-order valence-corrected chi connectivity index (χ1v) is 5.58. The van der Waals surface area contributed by atoms with Gasteiger partial charge in [0, 0.05) is 23.3 Å². The number of aromatic nitrogens is 2. The van der Waals surface area contributed by atoms with E-state index in [9.17, 15) is 4.79 Å². The molecule has 7 heteroatoms. The molecule has 0 spiro atoms. The van der Waals surface area contributed by atoms with E-state index in [2.05, 4.69) is 9.97 Å². The lowest BCUT2D eigenvalue weighted by Gasteiger charge is -2.07. The molecule has 0 amide bonds. The average molecular weight is 275 g/mol. The monoisotopic (exact) mass is 274 g/mol. The minimum absolute atomic E-state index is 0.339. The Hall–Kier alpha value is -0.705. The van der Waals surface area contributed by atoms with Crippen molar-refractivity contribution >= 4 is 64.9 Å². The molecule has 0 radical (unpaired) electrons. The van der Waals surface area contributed by atoms with Crippen molar-refractivity contribution in [3.8, 4) is 0 Å². The fourth-order valence-electron chi connectivity index (χ4n) is 1.45. The van der Waals surface area contributed by atoms with Gasteiger partial charge in [-0.3, -0.25) is 4.79 Å². The van der Waals surface area contributed by atoms with E-state index < -0.39 is 9.58 Å². The Morgan fingerprint density at radius 3 is 2.75 bits per heavy atom. The van der Waals surface area contributed by atoms with Crippen LogP contribution in [0.1, 0.15) is 10.4 Å². The third kappa shape index (κ3) is 2.05. The van der Waals surface area contributed by atoms with E-state index in [1.807, 2.05) is 13.9 Å². The van der Waals surface area contributed by atoms with Crippen molar-refractivity contribution in [2.45, 2.75) is 3.79 Å². The highest BCUT2D eigenvalue weighted by Gasteiger charge is 2.33. The molecule has 0 aromatic carbocycles. The summed E-state index contributed by atoms with van der Waals surface area (Å²) in [7, 11) is 1.88. The molecule has 0 unspecified atom stereocenters. The number of halogens is 3. The largest absolute Gasteiger partial charge is 0.345 e. The number of nitrogens with zero attached hydrogens (tertiary/aromatic N) is 1. The number of pyridine rings is 1. The molecule has 2 aromatic heterocycles. The van der Waals surface area contributed by atoms with Gasteiger partial charge in [0.1, 0.15) is 13.5 Å². The molecule has 2 rings (SSSR count). The minimum atomic E-state index is -1.95. The molecule has 0 aliphatic rings. The van der Waals surface area contributed by atoms with Gasteiger partial charge in [-0.15, -0.1) is 0 Å². The van der Waals surface area contributed by atoms with Crippen LogP contribution in [0.15, 0.2) is 18.5 Å². The topological polar surface area (TPSA) is 45.8 Å². The summed E-state index contributed by atoms with van der Waals surface area (Å²) in [5.74, 6) is -0.559. The van der Waals surface area contributed by atoms with Crippen LogP contribution in [0.5, 0.6) is 0 Å². The van der Waals surface area contributed by atoms with Crippen LogP contribution in [0, 0.1) is 0 Å². The third-order valence-corrected chi connectivity index (χ3v) is 2.68. The minimum Gasteiger partial charge on any atom is -0.345 e. The van der Waals surface area contributed by atoms with E-state index >= 15 is 0 Å². The zero-order chi connectivity index (χ0) is 11.9. The number of hydrogen-bond donors (Lipinski definition) is 1. The standard InChI is InChI=1S/C9H6BCl3N2O/c10-4-1-5-6(7(16)9(11,12)13)3-15-8(5)14-2-4/h1-3H,10H2,(H,14,15). The van der Waals surface area contributed by atoms with Gasteiger partial charge in [-0.1, -0.05) is 46.3 Å². The van der Waals surface area contributed by atoms with Crippen LogP contribution in [-0.4, -0.2) is 27.4 Å². The second-order valence-corrected chi connectivity index (χ2v) is 5.72. The van der Waals surface area contributed by atoms with Crippen LogP contribution >= 0.6 is 34.8 Å². The van der Waals surface area contributed by atoms with Crippen LogP contribution in [0.3, 0.4) is 0 Å². The van der Waals surface area contributed by atoms with Crippen molar-refractivity contribution < 1.29 is 4.79 Å². The lowest BCUT2D eigenvalue weighted by molar-refractivity contribution is 0.0998. The van der Waals surface area contributed by atoms with E-state index in [-0.39, 0.29) is 0 Å². The number of rotatable bonds is 1. The fourth-order valence-corrected chi connectivity index (χ4v) is 1.75. The Morgan fingerprint density at radius 2 is 2.12 bits per heavy atom. The number of Topliss-reactive ketones (excluding diaryl/α,β-unsaturated/α-hetero) is 1. The van der Waals surface area contributed by atoms with Crippen molar-refractivity contribution in [3.63, 3.8) is 0 Å². The Morgan fingerprint density at radius 1 is 1.44 bits per heavy atom. The number of alkyl halides is 3. The number of nitrogens with one attached hydrogen (secondary N) is 1. The molecule has 0 saturated heterocycles. The maximum atomic E-state index is 11.8. The number of carbonyl (C=O) groups excluding carboxylic acids is 1. The van der Waals surface area contributed by atoms with Gasteiger partial charge in [-0.05, 0) is 0 Å². The molecule has 2 heterocycles. The Labute approximate surface area is 107 Å². The molecule has 0 saturated carbocycles. The molecule has 3 nitrogen and oxygen atoms in total. The summed E-state index contributed by atoms with van der Waals surface area (Å²) in [5, 5.41) is 0.663. The van der Waals surface area contributed by atoms with Gasteiger partial charge in [-0.2, -0.15) is 0 Å². The predicted octanol–water partition coefficient (Wildman–Crippen LogP) is 1.37. The average Bonchev–Trinajstić information content (AvgIpc) is 2.57. The van der Waals surface area contributed by atoms with Crippen molar-refractivity contribution in [3.05, 3.63) is 24.0 Å². The van der Waals surface area contributed by atoms with Crippen molar-refractivity contribution in [1.29, 1.82) is 0 Å². The van der Waals surface area contributed by atoms with Crippen LogP contribution in [0.2, 0.25) is 0 Å². The van der Waals surface area contributed by atoms with Crippen molar-refractivity contribution in [1.82, 2.24) is 9.97 Å². The highest BCUT2D eigenvalue weighted by Crippen LogP contribution is 2.32. The Bertz CT molecular complexity index is 561. The van der Waals surface area contributed by atoms with Crippen molar-refractivity contribution in [2.75, 3.05) is 0 Å². The molecule has 2 aromatic rings. The predicted molar refractivity (Wildman–Crippen MR) is 68.9 cm³/mol. The van der Waals surface area contributed by atoms with E-state index in [0.717, 1.165) is 5.46 Å². The van der Waals surface area contributed by atoms with Gasteiger partial charge >= 0.3 is 0 Å². The molecule has 0 bridgehead atoms. The first kappa shape index (κ1) is 11.8. The van der Waals surface area contributed by atoms with E-state index in [4.69, 9.17) is 34.8 Å². The van der Waals surface area contributed by atoms with Crippen LogP contribution < -0.4 is 5.46 Å². The van der Waals surface area contributed by atoms with Gasteiger partial charge in [-0.25, -0.2) is 4.98 Å². The van der Waals surface area contributed by atoms with Gasteiger partial charge in [0.2, 0.25) is 5.78 Å². The van der Waals surface area contributed by atoms with Crippen LogP contribution in [0.4, 0.5) is 0 Å². The summed E-state index contributed by atoms with van der Waals surface area (Å²) in [5.41, 5.74) is 1.87. The summed E-state index contributed by atoms with van der Waals surface area (Å²) >= 11 is 16.7. The lowest BCUT2D eigenvalue weighted by Crippen LogP contribution is -2.18. The summed E-state index contributed by atoms with van der Waals surface area (Å²) in [6.07, 6.45) is 3.20. The van der Waals surface area contributed by atoms with Gasteiger partial charge in [0.25, 0.3) is 3.79 Å². The highest BCUT2D eigenvalue weighted by atomic mass is 35.6. The molecule has 0 aliphatic heterocycles. The fraction of sp³-hybridized carbons (Fsp3) is 0.111. The smallest absolute Gasteiger partial charge is 0.253 e. The van der Waals surface area contributed by atoms with E-state index in [0.29, 0.717) is 16.6 Å². The quantitative estimate of drug-likeness (QED) is 0.485. The molecular weight excluding hydrogens is 269 g/mol. The maximum absolute atomic E-state index is 11.8. The van der Waals surface area contributed by atoms with Gasteiger partial charge in [0.15, 0.2) is 0 Å². The number of hydrogen-bond acceptors (Lipinski definition) is 2. The van der Waals surface area contributed by atoms with E-state index in [1.165, 1.54) is 6.20 Å². The second kappa shape index (κ2) is 3.95. The molecule has 16 heavy (non-hydrogen) atoms. The Balaban J connectivity index is 2.62. The van der Waals surface area contributed by atoms with E-state index in [1.54, 1.807) is 6.20 Å². The number of ketones is 1. The number of H-pyrrole nitrogens is 1. The molecule has 0 fully saturated rings. The summed E-state index contributed by atoms with van der Waals surface area (Å²) in [4.78, 5) is 18.8. The number of fused-ring (bicyclic) bond motifs is 1. The molecule has 0 aliphatic carbocycles. The zero-order valence-electron chi connectivity index (χ0n) is 8.22. The van der Waals surface area contributed by atoms with Crippen LogP contribution in [-0.2, 0) is 0 Å². The lowest BCUT2D eigenvalue weighted by atomic mass is 9.97. The molecule has 1 N–H and O–H groups in total. The molecule has 82 valence electrons. The maximum Gasteiger partial charge on any atom is 0.253 e. The van der Waals surface area contributed by atoms with Gasteiger partial charge in [0.05, 0.1) is 0 Å². The summed E-state index contributed by atoms with van der Waals surface area (Å²) in [6, 6.07) is 1.82. The van der Waals surface area contributed by atoms with Crippen LogP contribution in [0.25, 0.3) is 11.0 Å². The van der Waals surface area contributed by atoms with Gasteiger partial charge < -0.3 is 4.98 Å². The number of aromatic amines is 1. The highest BCUT2D eigenvalue weighted by molar-refractivity contribution is 6.77. The normalized spacial score (nSPS) is 11.9. The first-order chi connectivity index (χ1) is 7.39. The first-order valence-electron chi connectivity index (χ1n) is 4.45. The summed E-state index contributed by atoms with van der Waals surface area (Å²) < 4.78 is -1.95. The number of carbonyl (C=O) groups is 1. The molecular formula is C9H6BCl3N2O. The summed E-state index contributed by atoms with van der Waals surface area (Å²) in [6.45, 7) is 0. The molecule has 0 atom stereocenters. The van der Waals surface area contributed by atoms with Crippen molar-refractivity contribution in [2.24, 2.45) is 0 Å². The Kier molecular flexibility index (Phi) is 2.91.